The number of carbonyl (C=O) groups excluding carboxylic acids is 1. The maximum atomic E-state index is 12.7. The van der Waals surface area contributed by atoms with Gasteiger partial charge in [0.1, 0.15) is 5.69 Å². The van der Waals surface area contributed by atoms with Gasteiger partial charge in [-0.2, -0.15) is 0 Å². The van der Waals surface area contributed by atoms with Crippen LogP contribution in [0.3, 0.4) is 0 Å². The van der Waals surface area contributed by atoms with Crippen LogP contribution in [0.1, 0.15) is 43.2 Å². The molecule has 1 aromatic rings. The van der Waals surface area contributed by atoms with Gasteiger partial charge in [0, 0.05) is 25.2 Å². The minimum atomic E-state index is -0.464. The SMILES string of the molecule is CC(C)n1cc([N+](=O)[O-])cc1C(=O)N1CCCC(CN)C1. The van der Waals surface area contributed by atoms with E-state index in [1.165, 1.54) is 12.3 Å². The van der Waals surface area contributed by atoms with E-state index in [2.05, 4.69) is 0 Å². The summed E-state index contributed by atoms with van der Waals surface area (Å²) in [6.07, 6.45) is 3.39. The Balaban J connectivity index is 2.27. The lowest BCUT2D eigenvalue weighted by Gasteiger charge is -2.32. The van der Waals surface area contributed by atoms with E-state index in [9.17, 15) is 14.9 Å². The number of amides is 1. The zero-order chi connectivity index (χ0) is 15.6. The highest BCUT2D eigenvalue weighted by molar-refractivity contribution is 5.93. The summed E-state index contributed by atoms with van der Waals surface area (Å²) in [6, 6.07) is 1.36. The second-order valence-corrected chi connectivity index (χ2v) is 5.84. The molecule has 0 spiro atoms. The van der Waals surface area contributed by atoms with Crippen molar-refractivity contribution >= 4 is 11.6 Å². The van der Waals surface area contributed by atoms with Crippen molar-refractivity contribution in [2.45, 2.75) is 32.7 Å². The molecule has 1 aromatic heterocycles. The highest BCUT2D eigenvalue weighted by atomic mass is 16.6. The Bertz CT molecular complexity index is 538. The molecule has 1 fully saturated rings. The van der Waals surface area contributed by atoms with Crippen molar-refractivity contribution in [2.24, 2.45) is 11.7 Å². The zero-order valence-corrected chi connectivity index (χ0v) is 12.5. The predicted molar refractivity (Wildman–Crippen MR) is 79.2 cm³/mol. The van der Waals surface area contributed by atoms with Crippen molar-refractivity contribution in [3.8, 4) is 0 Å². The Morgan fingerprint density at radius 1 is 1.57 bits per heavy atom. The molecule has 0 aromatic carbocycles. The monoisotopic (exact) mass is 294 g/mol. The van der Waals surface area contributed by atoms with Gasteiger partial charge in [-0.15, -0.1) is 0 Å². The van der Waals surface area contributed by atoms with Crippen LogP contribution in [0, 0.1) is 16.0 Å². The molecule has 1 atom stereocenters. The van der Waals surface area contributed by atoms with E-state index in [1.54, 1.807) is 9.47 Å². The molecule has 0 aliphatic carbocycles. The molecule has 2 heterocycles. The third kappa shape index (κ3) is 3.24. The van der Waals surface area contributed by atoms with E-state index < -0.39 is 4.92 Å². The average Bonchev–Trinajstić information content (AvgIpc) is 2.92. The summed E-state index contributed by atoms with van der Waals surface area (Å²) >= 11 is 0. The van der Waals surface area contributed by atoms with Crippen LogP contribution in [-0.4, -0.2) is 39.9 Å². The maximum absolute atomic E-state index is 12.7. The Hall–Kier alpha value is -1.89. The number of aromatic nitrogens is 1. The van der Waals surface area contributed by atoms with Gasteiger partial charge >= 0.3 is 0 Å². The summed E-state index contributed by atoms with van der Waals surface area (Å²) in [5.41, 5.74) is 6.04. The first-order chi connectivity index (χ1) is 9.93. The van der Waals surface area contributed by atoms with Gasteiger partial charge in [-0.3, -0.25) is 14.9 Å². The molecule has 2 rings (SSSR count). The third-order valence-corrected chi connectivity index (χ3v) is 3.96. The largest absolute Gasteiger partial charge is 0.337 e. The predicted octanol–water partition coefficient (Wildman–Crippen LogP) is 1.79. The fourth-order valence-electron chi connectivity index (χ4n) is 2.77. The molecule has 1 amide bonds. The molecule has 1 aliphatic rings. The molecule has 1 aliphatic heterocycles. The normalized spacial score (nSPS) is 19.0. The van der Waals surface area contributed by atoms with E-state index in [1.807, 2.05) is 13.8 Å². The maximum Gasteiger partial charge on any atom is 0.287 e. The van der Waals surface area contributed by atoms with Gasteiger partial charge in [-0.05, 0) is 39.2 Å². The van der Waals surface area contributed by atoms with Crippen LogP contribution in [-0.2, 0) is 0 Å². The summed E-state index contributed by atoms with van der Waals surface area (Å²) < 4.78 is 1.67. The first kappa shape index (κ1) is 15.5. The molecule has 21 heavy (non-hydrogen) atoms. The van der Waals surface area contributed by atoms with Crippen LogP contribution in [0.4, 0.5) is 5.69 Å². The number of likely N-dealkylation sites (tertiary alicyclic amines) is 1. The molecular weight excluding hydrogens is 272 g/mol. The quantitative estimate of drug-likeness (QED) is 0.676. The number of hydrogen-bond donors (Lipinski definition) is 1. The van der Waals surface area contributed by atoms with Gasteiger partial charge in [0.25, 0.3) is 11.6 Å². The van der Waals surface area contributed by atoms with Gasteiger partial charge in [0.2, 0.25) is 0 Å². The highest BCUT2D eigenvalue weighted by Gasteiger charge is 2.28. The molecule has 1 saturated heterocycles. The van der Waals surface area contributed by atoms with Gasteiger partial charge in [-0.25, -0.2) is 0 Å². The Morgan fingerprint density at radius 3 is 2.86 bits per heavy atom. The topological polar surface area (TPSA) is 94.4 Å². The van der Waals surface area contributed by atoms with E-state index >= 15 is 0 Å². The van der Waals surface area contributed by atoms with E-state index in [0.29, 0.717) is 31.2 Å². The van der Waals surface area contributed by atoms with Crippen molar-refractivity contribution in [3.63, 3.8) is 0 Å². The molecule has 0 bridgehead atoms. The number of nitrogens with two attached hydrogens (primary N) is 1. The van der Waals surface area contributed by atoms with E-state index in [0.717, 1.165) is 12.8 Å². The minimum absolute atomic E-state index is 0.00672. The van der Waals surface area contributed by atoms with Crippen LogP contribution in [0.15, 0.2) is 12.3 Å². The van der Waals surface area contributed by atoms with Crippen LogP contribution < -0.4 is 5.73 Å². The number of hydrogen-bond acceptors (Lipinski definition) is 4. The lowest BCUT2D eigenvalue weighted by Crippen LogP contribution is -2.42. The molecule has 0 radical (unpaired) electrons. The van der Waals surface area contributed by atoms with Crippen LogP contribution in [0.2, 0.25) is 0 Å². The Kier molecular flexibility index (Phi) is 4.62. The summed E-state index contributed by atoms with van der Waals surface area (Å²) in [5.74, 6) is 0.176. The number of carbonyl (C=O) groups is 1. The van der Waals surface area contributed by atoms with Crippen molar-refractivity contribution in [3.05, 3.63) is 28.1 Å². The first-order valence-corrected chi connectivity index (χ1v) is 7.29. The zero-order valence-electron chi connectivity index (χ0n) is 12.5. The van der Waals surface area contributed by atoms with Gasteiger partial charge in [0.15, 0.2) is 0 Å². The minimum Gasteiger partial charge on any atom is -0.337 e. The van der Waals surface area contributed by atoms with E-state index in [-0.39, 0.29) is 17.6 Å². The number of rotatable bonds is 4. The number of nitrogens with zero attached hydrogens (tertiary/aromatic N) is 3. The molecule has 7 nitrogen and oxygen atoms in total. The number of nitro groups is 1. The average molecular weight is 294 g/mol. The number of piperidine rings is 1. The van der Waals surface area contributed by atoms with Gasteiger partial charge in [0.05, 0.1) is 11.1 Å². The summed E-state index contributed by atoms with van der Waals surface area (Å²) in [7, 11) is 0. The summed E-state index contributed by atoms with van der Waals surface area (Å²) in [6.45, 7) is 5.69. The fraction of sp³-hybridized carbons (Fsp3) is 0.643. The van der Waals surface area contributed by atoms with Gasteiger partial charge < -0.3 is 15.2 Å². The van der Waals surface area contributed by atoms with E-state index in [4.69, 9.17) is 5.73 Å². The van der Waals surface area contributed by atoms with Crippen molar-refractivity contribution in [1.29, 1.82) is 0 Å². The van der Waals surface area contributed by atoms with Crippen LogP contribution in [0.5, 0.6) is 0 Å². The Labute approximate surface area is 123 Å². The highest BCUT2D eigenvalue weighted by Crippen LogP contribution is 2.24. The lowest BCUT2D eigenvalue weighted by atomic mass is 9.98. The van der Waals surface area contributed by atoms with Gasteiger partial charge in [-0.1, -0.05) is 0 Å². The van der Waals surface area contributed by atoms with Crippen LogP contribution >= 0.6 is 0 Å². The standard InChI is InChI=1S/C14H22N4O3/c1-10(2)17-9-12(18(20)21)6-13(17)14(19)16-5-3-4-11(7-15)8-16/h6,9-11H,3-5,7-8,15H2,1-2H3. The molecule has 1 unspecified atom stereocenters. The summed E-state index contributed by atoms with van der Waals surface area (Å²) in [5, 5.41) is 10.9. The fourth-order valence-corrected chi connectivity index (χ4v) is 2.77. The van der Waals surface area contributed by atoms with Crippen molar-refractivity contribution < 1.29 is 9.72 Å². The smallest absolute Gasteiger partial charge is 0.287 e. The third-order valence-electron chi connectivity index (χ3n) is 3.96. The first-order valence-electron chi connectivity index (χ1n) is 7.29. The molecular formula is C14H22N4O3. The second-order valence-electron chi connectivity index (χ2n) is 5.84. The van der Waals surface area contributed by atoms with Crippen molar-refractivity contribution in [1.82, 2.24) is 9.47 Å². The molecule has 0 saturated carbocycles. The lowest BCUT2D eigenvalue weighted by molar-refractivity contribution is -0.384. The Morgan fingerprint density at radius 2 is 2.29 bits per heavy atom. The summed E-state index contributed by atoms with van der Waals surface area (Å²) in [4.78, 5) is 24.9. The van der Waals surface area contributed by atoms with Crippen molar-refractivity contribution in [2.75, 3.05) is 19.6 Å². The molecule has 7 heteroatoms. The second kappa shape index (κ2) is 6.26. The van der Waals surface area contributed by atoms with Crippen LogP contribution in [0.25, 0.3) is 0 Å². The molecule has 2 N–H and O–H groups in total. The molecule has 116 valence electrons.